The molecule has 0 unspecified atom stereocenters. The van der Waals surface area contributed by atoms with Crippen LogP contribution in [0, 0.1) is 0 Å². The number of rotatable bonds is 6. The lowest BCUT2D eigenvalue weighted by atomic mass is 10.3. The van der Waals surface area contributed by atoms with Crippen LogP contribution in [0.5, 0.6) is 0 Å². The fourth-order valence-electron chi connectivity index (χ4n) is 0.839. The maximum atomic E-state index is 5.47. The first-order valence-electron chi connectivity index (χ1n) is 4.56. The van der Waals surface area contributed by atoms with Crippen LogP contribution >= 0.6 is 15.9 Å². The van der Waals surface area contributed by atoms with E-state index in [4.69, 9.17) is 4.74 Å². The zero-order chi connectivity index (χ0) is 10.1. The molecule has 13 heavy (non-hydrogen) atoms. The fourth-order valence-corrected chi connectivity index (χ4v) is 1.44. The van der Waals surface area contributed by atoms with Crippen LogP contribution in [0.2, 0.25) is 0 Å². The Bertz CT molecular complexity index is 204. The summed E-state index contributed by atoms with van der Waals surface area (Å²) in [5.41, 5.74) is 0. The molecule has 0 fully saturated rings. The van der Waals surface area contributed by atoms with E-state index in [-0.39, 0.29) is 0 Å². The number of hydrogen-bond donors (Lipinski definition) is 0. The number of hydrogen-bond acceptors (Lipinski definition) is 1. The molecule has 0 saturated carbocycles. The molecule has 2 heteroatoms. The van der Waals surface area contributed by atoms with E-state index in [0.29, 0.717) is 6.61 Å². The minimum Gasteiger partial charge on any atom is -0.489 e. The van der Waals surface area contributed by atoms with Gasteiger partial charge in [-0.15, -0.1) is 0 Å². The highest BCUT2D eigenvalue weighted by molar-refractivity contribution is 9.11. The molecule has 0 bridgehead atoms. The van der Waals surface area contributed by atoms with Crippen LogP contribution < -0.4 is 0 Å². The Balaban J connectivity index is 4.32. The van der Waals surface area contributed by atoms with E-state index in [1.807, 2.05) is 0 Å². The van der Waals surface area contributed by atoms with Crippen molar-refractivity contribution < 1.29 is 4.74 Å². The molecule has 0 heterocycles. The van der Waals surface area contributed by atoms with Crippen LogP contribution in [0.3, 0.4) is 0 Å². The monoisotopic (exact) mass is 244 g/mol. The molecule has 0 spiro atoms. The first kappa shape index (κ1) is 12.5. The van der Waals surface area contributed by atoms with Gasteiger partial charge >= 0.3 is 0 Å². The van der Waals surface area contributed by atoms with Gasteiger partial charge in [0, 0.05) is 0 Å². The minimum absolute atomic E-state index is 0.554. The topological polar surface area (TPSA) is 9.23 Å². The summed E-state index contributed by atoms with van der Waals surface area (Å²) in [5, 5.41) is 0. The van der Waals surface area contributed by atoms with Crippen LogP contribution in [-0.4, -0.2) is 6.61 Å². The van der Waals surface area contributed by atoms with Crippen molar-refractivity contribution in [2.75, 3.05) is 6.61 Å². The second-order valence-corrected chi connectivity index (χ2v) is 3.39. The molecule has 1 nitrogen and oxygen atoms in total. The quantitative estimate of drug-likeness (QED) is 0.387. The summed E-state index contributed by atoms with van der Waals surface area (Å²) in [6.07, 6.45) is 7.86. The Morgan fingerprint density at radius 3 is 2.38 bits per heavy atom. The smallest absolute Gasteiger partial charge is 0.129 e. The van der Waals surface area contributed by atoms with Crippen LogP contribution in [-0.2, 0) is 4.74 Å². The Labute approximate surface area is 89.3 Å². The molecule has 0 aromatic carbocycles. The maximum Gasteiger partial charge on any atom is 0.129 e. The first-order chi connectivity index (χ1) is 6.26. The number of ether oxygens (including phenoxy) is 1. The van der Waals surface area contributed by atoms with Gasteiger partial charge in [0.05, 0.1) is 4.48 Å². The SMILES string of the molecule is C=CCOC(=C/CC)/C(Br)=C\CC. The van der Waals surface area contributed by atoms with E-state index < -0.39 is 0 Å². The van der Waals surface area contributed by atoms with E-state index >= 15 is 0 Å². The van der Waals surface area contributed by atoms with E-state index in [9.17, 15) is 0 Å². The Morgan fingerprint density at radius 2 is 1.92 bits per heavy atom. The standard InChI is InChI=1S/C11H17BrO/c1-4-7-10(12)11(8-5-2)13-9-6-3/h6-8H,3-5,9H2,1-2H3/b10-7+,11-8+. The molecule has 0 rings (SSSR count). The van der Waals surface area contributed by atoms with Crippen LogP contribution in [0.15, 0.2) is 35.0 Å². The molecule has 0 amide bonds. The van der Waals surface area contributed by atoms with Crippen molar-refractivity contribution in [1.82, 2.24) is 0 Å². The van der Waals surface area contributed by atoms with Crippen LogP contribution in [0.4, 0.5) is 0 Å². The average molecular weight is 245 g/mol. The molecule has 0 N–H and O–H groups in total. The highest BCUT2D eigenvalue weighted by Gasteiger charge is 2.00. The van der Waals surface area contributed by atoms with Gasteiger partial charge in [0.15, 0.2) is 0 Å². The molecule has 0 saturated heterocycles. The first-order valence-corrected chi connectivity index (χ1v) is 5.35. The fraction of sp³-hybridized carbons (Fsp3) is 0.455. The maximum absolute atomic E-state index is 5.47. The Hall–Kier alpha value is -0.500. The molecule has 0 aliphatic rings. The molecule has 0 aromatic heterocycles. The summed E-state index contributed by atoms with van der Waals surface area (Å²) in [5.74, 6) is 0.907. The van der Waals surface area contributed by atoms with E-state index in [2.05, 4.69) is 48.5 Å². The largest absolute Gasteiger partial charge is 0.489 e. The van der Waals surface area contributed by atoms with Crippen molar-refractivity contribution in [1.29, 1.82) is 0 Å². The predicted octanol–water partition coefficient (Wildman–Crippen LogP) is 4.17. The zero-order valence-corrected chi connectivity index (χ0v) is 9.93. The summed E-state index contributed by atoms with van der Waals surface area (Å²) in [6.45, 7) is 8.35. The van der Waals surface area contributed by atoms with Crippen molar-refractivity contribution in [2.24, 2.45) is 0 Å². The molecule has 0 atom stereocenters. The third-order valence-electron chi connectivity index (χ3n) is 1.36. The molecule has 0 aliphatic carbocycles. The summed E-state index contributed by atoms with van der Waals surface area (Å²) >= 11 is 3.47. The normalized spacial score (nSPS) is 12.8. The molecule has 74 valence electrons. The van der Waals surface area contributed by atoms with Crippen molar-refractivity contribution >= 4 is 15.9 Å². The number of halogens is 1. The van der Waals surface area contributed by atoms with Crippen molar-refractivity contribution in [2.45, 2.75) is 26.7 Å². The van der Waals surface area contributed by atoms with Gasteiger partial charge in [-0.25, -0.2) is 0 Å². The van der Waals surface area contributed by atoms with E-state index in [1.165, 1.54) is 0 Å². The van der Waals surface area contributed by atoms with Gasteiger partial charge in [-0.05, 0) is 34.8 Å². The lowest BCUT2D eigenvalue weighted by Gasteiger charge is -2.07. The van der Waals surface area contributed by atoms with Gasteiger partial charge in [0.1, 0.15) is 12.4 Å². The highest BCUT2D eigenvalue weighted by Crippen LogP contribution is 2.19. The summed E-state index contributed by atoms with van der Waals surface area (Å²) in [4.78, 5) is 0. The lowest BCUT2D eigenvalue weighted by molar-refractivity contribution is 0.259. The molecule has 0 radical (unpaired) electrons. The van der Waals surface area contributed by atoms with Crippen LogP contribution in [0.25, 0.3) is 0 Å². The third-order valence-corrected chi connectivity index (χ3v) is 2.08. The van der Waals surface area contributed by atoms with Gasteiger partial charge in [0.2, 0.25) is 0 Å². The molecule has 0 aliphatic heterocycles. The second kappa shape index (κ2) is 8.11. The van der Waals surface area contributed by atoms with Gasteiger partial charge in [-0.2, -0.15) is 0 Å². The third kappa shape index (κ3) is 5.69. The van der Waals surface area contributed by atoms with E-state index in [1.54, 1.807) is 6.08 Å². The second-order valence-electron chi connectivity index (χ2n) is 2.54. The number of allylic oxidation sites excluding steroid dienone is 3. The summed E-state index contributed by atoms with van der Waals surface area (Å²) in [7, 11) is 0. The predicted molar refractivity (Wildman–Crippen MR) is 61.8 cm³/mol. The average Bonchev–Trinajstić information content (AvgIpc) is 2.12. The molecule has 0 aromatic rings. The van der Waals surface area contributed by atoms with Gasteiger partial charge < -0.3 is 4.74 Å². The highest BCUT2D eigenvalue weighted by atomic mass is 79.9. The Kier molecular flexibility index (Phi) is 7.80. The van der Waals surface area contributed by atoms with Gasteiger partial charge in [-0.3, -0.25) is 0 Å². The van der Waals surface area contributed by atoms with Crippen molar-refractivity contribution in [3.8, 4) is 0 Å². The molecular formula is C11H17BrO. The van der Waals surface area contributed by atoms with E-state index in [0.717, 1.165) is 23.1 Å². The minimum atomic E-state index is 0.554. The van der Waals surface area contributed by atoms with Gasteiger partial charge in [0.25, 0.3) is 0 Å². The molecular weight excluding hydrogens is 228 g/mol. The van der Waals surface area contributed by atoms with Crippen molar-refractivity contribution in [3.05, 3.63) is 35.0 Å². The zero-order valence-electron chi connectivity index (χ0n) is 8.35. The van der Waals surface area contributed by atoms with Crippen LogP contribution in [0.1, 0.15) is 26.7 Å². The Morgan fingerprint density at radius 1 is 1.31 bits per heavy atom. The van der Waals surface area contributed by atoms with Gasteiger partial charge in [-0.1, -0.05) is 32.6 Å². The van der Waals surface area contributed by atoms with Crippen molar-refractivity contribution in [3.63, 3.8) is 0 Å². The lowest BCUT2D eigenvalue weighted by Crippen LogP contribution is -1.92. The summed E-state index contributed by atoms with van der Waals surface area (Å²) < 4.78 is 6.50. The summed E-state index contributed by atoms with van der Waals surface area (Å²) in [6, 6.07) is 0.